The Bertz CT molecular complexity index is 1070. The molecule has 176 valence electrons. The highest BCUT2D eigenvalue weighted by molar-refractivity contribution is 6.74. The van der Waals surface area contributed by atoms with E-state index >= 15 is 0 Å². The Morgan fingerprint density at radius 2 is 1.67 bits per heavy atom. The zero-order valence-electron chi connectivity index (χ0n) is 20.7. The predicted octanol–water partition coefficient (Wildman–Crippen LogP) is 6.05. The molecular formula is C27H36N2O3Si. The van der Waals surface area contributed by atoms with Gasteiger partial charge >= 0.3 is 5.97 Å². The third-order valence-corrected chi connectivity index (χ3v) is 11.0. The summed E-state index contributed by atoms with van der Waals surface area (Å²) in [6.07, 6.45) is 1.96. The molecular weight excluding hydrogens is 428 g/mol. The van der Waals surface area contributed by atoms with E-state index in [2.05, 4.69) is 55.9 Å². The molecule has 0 bridgehead atoms. The maximum Gasteiger partial charge on any atom is 0.337 e. The molecule has 5 nitrogen and oxygen atoms in total. The molecule has 0 spiro atoms. The molecule has 0 unspecified atom stereocenters. The van der Waals surface area contributed by atoms with Gasteiger partial charge in [-0.2, -0.15) is 0 Å². The second kappa shape index (κ2) is 10.6. The fraction of sp³-hybridized carbons (Fsp3) is 0.407. The summed E-state index contributed by atoms with van der Waals surface area (Å²) in [5.41, 5.74) is 3.89. The fourth-order valence-electron chi connectivity index (χ4n) is 3.44. The van der Waals surface area contributed by atoms with Crippen LogP contribution in [0.2, 0.25) is 18.1 Å². The molecule has 2 aromatic carbocycles. The van der Waals surface area contributed by atoms with E-state index in [0.29, 0.717) is 12.2 Å². The van der Waals surface area contributed by atoms with Gasteiger partial charge in [0.15, 0.2) is 8.32 Å². The summed E-state index contributed by atoms with van der Waals surface area (Å²) in [6.45, 7) is 14.4. The zero-order valence-corrected chi connectivity index (χ0v) is 21.7. The van der Waals surface area contributed by atoms with Crippen molar-refractivity contribution in [3.05, 3.63) is 77.5 Å². The number of fused-ring (bicyclic) bond motifs is 1. The minimum atomic E-state index is -1.81. The Kier molecular flexibility index (Phi) is 8.05. The molecule has 0 aliphatic rings. The summed E-state index contributed by atoms with van der Waals surface area (Å²) in [5.74, 6) is -0.316. The molecule has 0 saturated heterocycles. The number of carbonyl (C=O) groups excluding carboxylic acids is 1. The van der Waals surface area contributed by atoms with Crippen LogP contribution < -0.4 is 0 Å². The van der Waals surface area contributed by atoms with Gasteiger partial charge in [-0.3, -0.25) is 9.88 Å². The molecule has 0 N–H and O–H groups in total. The molecule has 0 atom stereocenters. The van der Waals surface area contributed by atoms with Crippen molar-refractivity contribution in [2.75, 3.05) is 20.3 Å². The smallest absolute Gasteiger partial charge is 0.337 e. The second-order valence-electron chi connectivity index (χ2n) is 10.0. The maximum absolute atomic E-state index is 11.8. The van der Waals surface area contributed by atoms with Crippen LogP contribution in [0.3, 0.4) is 0 Å². The van der Waals surface area contributed by atoms with E-state index in [9.17, 15) is 4.79 Å². The first-order chi connectivity index (χ1) is 15.6. The Labute approximate surface area is 198 Å². The lowest BCUT2D eigenvalue weighted by Crippen LogP contribution is -2.42. The van der Waals surface area contributed by atoms with Crippen molar-refractivity contribution in [1.82, 2.24) is 9.88 Å². The first kappa shape index (κ1) is 25.1. The van der Waals surface area contributed by atoms with Crippen LogP contribution in [0.1, 0.15) is 42.3 Å². The van der Waals surface area contributed by atoms with Gasteiger partial charge in [-0.25, -0.2) is 4.79 Å². The highest BCUT2D eigenvalue weighted by Gasteiger charge is 2.37. The number of nitrogens with zero attached hydrogens (tertiary/aromatic N) is 2. The number of hydrogen-bond donors (Lipinski definition) is 0. The number of methoxy groups -OCH3 is 1. The van der Waals surface area contributed by atoms with E-state index in [1.54, 1.807) is 0 Å². The predicted molar refractivity (Wildman–Crippen MR) is 137 cm³/mol. The van der Waals surface area contributed by atoms with Crippen molar-refractivity contribution in [3.8, 4) is 0 Å². The van der Waals surface area contributed by atoms with Crippen LogP contribution in [0, 0.1) is 0 Å². The first-order valence-electron chi connectivity index (χ1n) is 11.5. The van der Waals surface area contributed by atoms with Gasteiger partial charge in [0, 0.05) is 37.8 Å². The Morgan fingerprint density at radius 1 is 1.00 bits per heavy atom. The Hall–Kier alpha value is -2.54. The average Bonchev–Trinajstić information content (AvgIpc) is 2.78. The fourth-order valence-corrected chi connectivity index (χ4v) is 4.48. The number of benzene rings is 2. The largest absolute Gasteiger partial charge is 0.465 e. The standard InChI is InChI=1S/C27H36N2O3Si/c1-27(2,3)33(5,6)32-16-15-29(19-21-11-13-23(14-12-21)26(30)31-4)20-22-17-24-9-7-8-10-25(24)28-18-22/h7-14,17-18H,15-16,19-20H2,1-6H3. The molecule has 6 heteroatoms. The number of pyridine rings is 1. The summed E-state index contributed by atoms with van der Waals surface area (Å²) in [4.78, 5) is 18.8. The lowest BCUT2D eigenvalue weighted by atomic mass is 10.1. The zero-order chi connectivity index (χ0) is 24.1. The van der Waals surface area contributed by atoms with Crippen LogP contribution in [0.25, 0.3) is 10.9 Å². The van der Waals surface area contributed by atoms with Gasteiger partial charge < -0.3 is 9.16 Å². The van der Waals surface area contributed by atoms with Crippen molar-refractivity contribution in [2.24, 2.45) is 0 Å². The SMILES string of the molecule is COC(=O)c1ccc(CN(CCO[Si](C)(C)C(C)(C)C)Cc2cnc3ccccc3c2)cc1. The van der Waals surface area contributed by atoms with Gasteiger partial charge in [0.1, 0.15) is 0 Å². The Morgan fingerprint density at radius 3 is 2.33 bits per heavy atom. The van der Waals surface area contributed by atoms with Gasteiger partial charge in [0.2, 0.25) is 0 Å². The highest BCUT2D eigenvalue weighted by atomic mass is 28.4. The number of esters is 1. The molecule has 3 rings (SSSR count). The van der Waals surface area contributed by atoms with E-state index in [-0.39, 0.29) is 11.0 Å². The van der Waals surface area contributed by atoms with Crippen LogP contribution in [0.15, 0.2) is 60.8 Å². The minimum absolute atomic E-state index is 0.184. The molecule has 1 heterocycles. The van der Waals surface area contributed by atoms with Gasteiger partial charge in [0.05, 0.1) is 18.2 Å². The van der Waals surface area contributed by atoms with E-state index < -0.39 is 8.32 Å². The molecule has 1 aromatic heterocycles. The molecule has 0 aliphatic heterocycles. The monoisotopic (exact) mass is 464 g/mol. The summed E-state index contributed by atoms with van der Waals surface area (Å²) in [7, 11) is -0.406. The van der Waals surface area contributed by atoms with Crippen LogP contribution in [0.5, 0.6) is 0 Å². The van der Waals surface area contributed by atoms with E-state index in [0.717, 1.165) is 36.1 Å². The summed E-state index contributed by atoms with van der Waals surface area (Å²) >= 11 is 0. The van der Waals surface area contributed by atoms with Crippen molar-refractivity contribution < 1.29 is 14.0 Å². The minimum Gasteiger partial charge on any atom is -0.465 e. The molecule has 0 saturated carbocycles. The summed E-state index contributed by atoms with van der Waals surface area (Å²) in [5, 5.41) is 1.33. The normalized spacial score (nSPS) is 12.3. The first-order valence-corrected chi connectivity index (χ1v) is 14.4. The van der Waals surface area contributed by atoms with E-state index in [1.165, 1.54) is 12.7 Å². The summed E-state index contributed by atoms with van der Waals surface area (Å²) in [6, 6.07) is 18.0. The maximum atomic E-state index is 11.8. The molecule has 33 heavy (non-hydrogen) atoms. The van der Waals surface area contributed by atoms with Crippen molar-refractivity contribution in [3.63, 3.8) is 0 Å². The van der Waals surface area contributed by atoms with Gasteiger partial charge in [-0.1, -0.05) is 51.1 Å². The van der Waals surface area contributed by atoms with Crippen LogP contribution >= 0.6 is 0 Å². The number of ether oxygens (including phenoxy) is 1. The lowest BCUT2D eigenvalue weighted by molar-refractivity contribution is 0.0600. The van der Waals surface area contributed by atoms with Crippen LogP contribution in [0.4, 0.5) is 0 Å². The van der Waals surface area contributed by atoms with Crippen LogP contribution in [-0.2, 0) is 22.3 Å². The molecule has 0 aliphatic carbocycles. The van der Waals surface area contributed by atoms with Crippen molar-refractivity contribution in [1.29, 1.82) is 0 Å². The van der Waals surface area contributed by atoms with Gasteiger partial charge in [0.25, 0.3) is 0 Å². The number of rotatable bonds is 9. The van der Waals surface area contributed by atoms with Crippen LogP contribution in [-0.4, -0.2) is 44.4 Å². The average molecular weight is 465 g/mol. The molecule has 0 amide bonds. The molecule has 3 aromatic rings. The molecule has 0 fully saturated rings. The number of aromatic nitrogens is 1. The number of para-hydroxylation sites is 1. The summed E-state index contributed by atoms with van der Waals surface area (Å²) < 4.78 is 11.3. The second-order valence-corrected chi connectivity index (χ2v) is 14.9. The third-order valence-electron chi connectivity index (χ3n) is 6.51. The van der Waals surface area contributed by atoms with Crippen molar-refractivity contribution in [2.45, 2.75) is 52.0 Å². The van der Waals surface area contributed by atoms with Gasteiger partial charge in [-0.15, -0.1) is 0 Å². The quantitative estimate of drug-likeness (QED) is 0.285. The molecule has 0 radical (unpaired) electrons. The number of hydrogen-bond acceptors (Lipinski definition) is 5. The van der Waals surface area contributed by atoms with Crippen molar-refractivity contribution >= 4 is 25.2 Å². The topological polar surface area (TPSA) is 51.7 Å². The third kappa shape index (κ3) is 6.73. The van der Waals surface area contributed by atoms with Gasteiger partial charge in [-0.05, 0) is 53.5 Å². The number of carbonyl (C=O) groups is 1. The lowest BCUT2D eigenvalue weighted by Gasteiger charge is -2.37. The Balaban J connectivity index is 1.75. The highest BCUT2D eigenvalue weighted by Crippen LogP contribution is 2.36. The van der Waals surface area contributed by atoms with E-state index in [1.807, 2.05) is 48.7 Å². The van der Waals surface area contributed by atoms with E-state index in [4.69, 9.17) is 9.16 Å².